The van der Waals surface area contributed by atoms with Crippen molar-refractivity contribution in [2.45, 2.75) is 0 Å². The second-order valence-corrected chi connectivity index (χ2v) is 6.91. The smallest absolute Gasteiger partial charge is 0.166 e. The van der Waals surface area contributed by atoms with E-state index in [1.54, 1.807) is 38.0 Å². The number of nitrogens with one attached hydrogen (secondary N) is 1. The van der Waals surface area contributed by atoms with E-state index in [-0.39, 0.29) is 5.82 Å². The molecular formula is C20H17FN6OS. The predicted octanol–water partition coefficient (Wildman–Crippen LogP) is 4.13. The number of benzene rings is 2. The van der Waals surface area contributed by atoms with Crippen molar-refractivity contribution in [3.63, 3.8) is 0 Å². The number of fused-ring (bicyclic) bond motifs is 2. The van der Waals surface area contributed by atoms with Crippen LogP contribution in [0.1, 0.15) is 5.56 Å². The molecule has 0 spiro atoms. The highest BCUT2D eigenvalue weighted by Gasteiger charge is 2.16. The molecule has 4 rings (SSSR count). The SMILES string of the molecule is CN=C/C(=C\N)c1cc(OC)c2c(Nc3ccc4ncsc4c3F)ncnc2c1. The molecule has 0 radical (unpaired) electrons. The van der Waals surface area contributed by atoms with Gasteiger partial charge >= 0.3 is 0 Å². The van der Waals surface area contributed by atoms with Gasteiger partial charge in [-0.05, 0) is 29.8 Å². The summed E-state index contributed by atoms with van der Waals surface area (Å²) in [6.45, 7) is 0. The number of halogens is 1. The molecule has 0 atom stereocenters. The van der Waals surface area contributed by atoms with E-state index in [0.29, 0.717) is 38.4 Å². The highest BCUT2D eigenvalue weighted by molar-refractivity contribution is 7.16. The van der Waals surface area contributed by atoms with Crippen molar-refractivity contribution in [2.24, 2.45) is 10.7 Å². The number of rotatable bonds is 5. The summed E-state index contributed by atoms with van der Waals surface area (Å²) < 4.78 is 20.9. The highest BCUT2D eigenvalue weighted by atomic mass is 32.1. The van der Waals surface area contributed by atoms with Gasteiger partial charge in [0.25, 0.3) is 0 Å². The molecule has 0 unspecified atom stereocenters. The summed E-state index contributed by atoms with van der Waals surface area (Å²) in [5.41, 5.74) is 10.4. The number of thiazole rings is 1. The lowest BCUT2D eigenvalue weighted by Crippen LogP contribution is -2.01. The Bertz CT molecular complexity index is 1270. The van der Waals surface area contributed by atoms with E-state index in [1.807, 2.05) is 12.1 Å². The van der Waals surface area contributed by atoms with Crippen LogP contribution in [0, 0.1) is 5.82 Å². The van der Waals surface area contributed by atoms with Crippen LogP contribution in [-0.2, 0) is 0 Å². The molecule has 0 saturated carbocycles. The van der Waals surface area contributed by atoms with E-state index >= 15 is 0 Å². The van der Waals surface area contributed by atoms with Crippen LogP contribution < -0.4 is 15.8 Å². The third kappa shape index (κ3) is 3.36. The van der Waals surface area contributed by atoms with Gasteiger partial charge < -0.3 is 15.8 Å². The summed E-state index contributed by atoms with van der Waals surface area (Å²) in [5.74, 6) is 0.590. The maximum Gasteiger partial charge on any atom is 0.166 e. The van der Waals surface area contributed by atoms with Gasteiger partial charge in [0.1, 0.15) is 17.9 Å². The van der Waals surface area contributed by atoms with Gasteiger partial charge in [-0.25, -0.2) is 19.3 Å². The average molecular weight is 408 g/mol. The van der Waals surface area contributed by atoms with Crippen LogP contribution in [-0.4, -0.2) is 35.3 Å². The minimum absolute atomic E-state index is 0.300. The molecule has 0 amide bonds. The number of methoxy groups -OCH3 is 1. The molecule has 2 aromatic heterocycles. The third-order valence-corrected chi connectivity index (χ3v) is 5.23. The van der Waals surface area contributed by atoms with Gasteiger partial charge in [-0.2, -0.15) is 0 Å². The van der Waals surface area contributed by atoms with E-state index in [1.165, 1.54) is 23.9 Å². The number of aromatic nitrogens is 3. The topological polar surface area (TPSA) is 98.3 Å². The van der Waals surface area contributed by atoms with E-state index in [0.717, 1.165) is 11.1 Å². The first-order valence-corrected chi connectivity index (χ1v) is 9.50. The second-order valence-electron chi connectivity index (χ2n) is 6.06. The molecule has 4 aromatic rings. The monoisotopic (exact) mass is 408 g/mol. The summed E-state index contributed by atoms with van der Waals surface area (Å²) >= 11 is 1.25. The quantitative estimate of drug-likeness (QED) is 0.482. The Hall–Kier alpha value is -3.59. The minimum atomic E-state index is -0.375. The Labute approximate surface area is 169 Å². The minimum Gasteiger partial charge on any atom is -0.496 e. The molecule has 29 heavy (non-hydrogen) atoms. The van der Waals surface area contributed by atoms with Gasteiger partial charge in [0.15, 0.2) is 5.82 Å². The van der Waals surface area contributed by atoms with Crippen molar-refractivity contribution in [1.82, 2.24) is 15.0 Å². The van der Waals surface area contributed by atoms with Crippen molar-refractivity contribution in [2.75, 3.05) is 19.5 Å². The molecule has 0 aliphatic rings. The lowest BCUT2D eigenvalue weighted by atomic mass is 10.0. The van der Waals surface area contributed by atoms with Gasteiger partial charge in [0.2, 0.25) is 0 Å². The highest BCUT2D eigenvalue weighted by Crippen LogP contribution is 2.36. The van der Waals surface area contributed by atoms with Crippen LogP contribution in [0.5, 0.6) is 5.75 Å². The van der Waals surface area contributed by atoms with E-state index in [9.17, 15) is 4.39 Å². The number of allylic oxidation sites excluding steroid dienone is 1. The molecule has 0 saturated heterocycles. The molecule has 0 bridgehead atoms. The van der Waals surface area contributed by atoms with Crippen LogP contribution in [0.2, 0.25) is 0 Å². The van der Waals surface area contributed by atoms with Crippen molar-refractivity contribution in [3.05, 3.63) is 53.7 Å². The van der Waals surface area contributed by atoms with Crippen LogP contribution in [0.25, 0.3) is 26.7 Å². The van der Waals surface area contributed by atoms with E-state index < -0.39 is 0 Å². The van der Waals surface area contributed by atoms with Crippen molar-refractivity contribution >= 4 is 55.7 Å². The number of nitrogens with zero attached hydrogens (tertiary/aromatic N) is 4. The Morgan fingerprint density at radius 2 is 2.10 bits per heavy atom. The fourth-order valence-corrected chi connectivity index (χ4v) is 3.78. The predicted molar refractivity (Wildman–Crippen MR) is 116 cm³/mol. The summed E-state index contributed by atoms with van der Waals surface area (Å²) in [6.07, 6.45) is 4.53. The lowest BCUT2D eigenvalue weighted by molar-refractivity contribution is 0.419. The summed E-state index contributed by atoms with van der Waals surface area (Å²) in [4.78, 5) is 16.8. The molecule has 9 heteroatoms. The summed E-state index contributed by atoms with van der Waals surface area (Å²) in [7, 11) is 3.22. The number of ether oxygens (including phenoxy) is 1. The van der Waals surface area contributed by atoms with Crippen molar-refractivity contribution < 1.29 is 9.13 Å². The first-order valence-electron chi connectivity index (χ1n) is 8.62. The zero-order valence-electron chi connectivity index (χ0n) is 15.7. The first-order chi connectivity index (χ1) is 14.2. The van der Waals surface area contributed by atoms with Crippen LogP contribution in [0.3, 0.4) is 0 Å². The van der Waals surface area contributed by atoms with Gasteiger partial charge in [-0.15, -0.1) is 11.3 Å². The molecule has 0 aliphatic heterocycles. The lowest BCUT2D eigenvalue weighted by Gasteiger charge is -2.14. The third-order valence-electron chi connectivity index (χ3n) is 4.39. The second kappa shape index (κ2) is 7.80. The molecule has 2 aromatic carbocycles. The summed E-state index contributed by atoms with van der Waals surface area (Å²) in [6, 6.07) is 7.07. The fourth-order valence-electron chi connectivity index (χ4n) is 3.05. The van der Waals surface area contributed by atoms with Gasteiger partial charge in [0.05, 0.1) is 39.4 Å². The Morgan fingerprint density at radius 1 is 1.24 bits per heavy atom. The van der Waals surface area contributed by atoms with Gasteiger partial charge in [0, 0.05) is 25.0 Å². The van der Waals surface area contributed by atoms with Crippen LogP contribution in [0.4, 0.5) is 15.9 Å². The molecule has 0 fully saturated rings. The summed E-state index contributed by atoms with van der Waals surface area (Å²) in [5, 5.41) is 3.70. The number of aliphatic imine (C=N–C) groups is 1. The fraction of sp³-hybridized carbons (Fsp3) is 0.100. The van der Waals surface area contributed by atoms with Crippen molar-refractivity contribution in [1.29, 1.82) is 0 Å². The standard InChI is InChI=1S/C20H17FN6OS/c1-23-8-12(7-22)11-5-15-17(16(6-11)28-2)20(25-9-24-15)27-13-3-4-14-19(18(13)21)29-10-26-14/h3-10H,22H2,1-2H3,(H,24,25,27)/b12-7+,23-8?. The molecule has 0 aliphatic carbocycles. The maximum atomic E-state index is 14.9. The molecule has 2 heterocycles. The average Bonchev–Trinajstić information content (AvgIpc) is 3.23. The van der Waals surface area contributed by atoms with E-state index in [4.69, 9.17) is 10.5 Å². The Morgan fingerprint density at radius 3 is 2.86 bits per heavy atom. The molecule has 3 N–H and O–H groups in total. The number of hydrogen-bond donors (Lipinski definition) is 2. The molecule has 7 nitrogen and oxygen atoms in total. The molecular weight excluding hydrogens is 391 g/mol. The van der Waals surface area contributed by atoms with E-state index in [2.05, 4.69) is 25.3 Å². The normalized spacial score (nSPS) is 12.2. The van der Waals surface area contributed by atoms with Crippen molar-refractivity contribution in [3.8, 4) is 5.75 Å². The van der Waals surface area contributed by atoms with Crippen LogP contribution in [0.15, 0.2) is 47.3 Å². The van der Waals surface area contributed by atoms with Gasteiger partial charge in [-0.3, -0.25) is 4.99 Å². The number of hydrogen-bond acceptors (Lipinski definition) is 8. The first kappa shape index (κ1) is 18.8. The zero-order valence-corrected chi connectivity index (χ0v) is 16.5. The number of anilines is 2. The molecule has 146 valence electrons. The maximum absolute atomic E-state index is 14.9. The Balaban J connectivity index is 1.85. The largest absolute Gasteiger partial charge is 0.496 e. The number of nitrogens with two attached hydrogens (primary N) is 1. The zero-order chi connectivity index (χ0) is 20.4. The Kier molecular flexibility index (Phi) is 5.05. The van der Waals surface area contributed by atoms with Gasteiger partial charge in [-0.1, -0.05) is 0 Å². The van der Waals surface area contributed by atoms with Crippen LogP contribution >= 0.6 is 11.3 Å².